The second kappa shape index (κ2) is 14.1. The second-order valence-corrected chi connectivity index (χ2v) is 11.3. The van der Waals surface area contributed by atoms with Crippen molar-refractivity contribution in [2.24, 2.45) is 35.5 Å². The van der Waals surface area contributed by atoms with Crippen molar-refractivity contribution in [3.63, 3.8) is 0 Å². The largest absolute Gasteiger partial charge is 0.251 e. The van der Waals surface area contributed by atoms with Gasteiger partial charge in [0.1, 0.15) is 0 Å². The molecule has 3 fully saturated rings. The molecule has 0 aromatic heterocycles. The Hall–Kier alpha value is -0.140. The Morgan fingerprint density at radius 1 is 0.367 bits per heavy atom. The van der Waals surface area contributed by atoms with Crippen LogP contribution in [0.5, 0.6) is 0 Å². The third-order valence-corrected chi connectivity index (χ3v) is 9.45. The highest BCUT2D eigenvalue weighted by Crippen LogP contribution is 2.46. The molecule has 0 bridgehead atoms. The summed E-state index contributed by atoms with van der Waals surface area (Å²) >= 11 is 0. The van der Waals surface area contributed by atoms with Crippen molar-refractivity contribution < 1.29 is 8.78 Å². The van der Waals surface area contributed by atoms with E-state index >= 15 is 0 Å². The highest BCUT2D eigenvalue weighted by atomic mass is 19.1. The maximum atomic E-state index is 12.6. The Morgan fingerprint density at radius 3 is 1.17 bits per heavy atom. The Bertz CT molecular complexity index is 412. The summed E-state index contributed by atoms with van der Waals surface area (Å²) in [7, 11) is 0. The molecule has 0 N–H and O–H groups in total. The van der Waals surface area contributed by atoms with Crippen LogP contribution in [0.1, 0.15) is 128 Å². The molecule has 0 unspecified atom stereocenters. The average molecular weight is 425 g/mol. The molecule has 176 valence electrons. The molecule has 0 radical (unpaired) electrons. The van der Waals surface area contributed by atoms with E-state index in [1.807, 2.05) is 0 Å². The fourth-order valence-electron chi connectivity index (χ4n) is 7.37. The van der Waals surface area contributed by atoms with Gasteiger partial charge in [0.05, 0.1) is 13.3 Å². The second-order valence-electron chi connectivity index (χ2n) is 11.3. The zero-order valence-corrected chi connectivity index (χ0v) is 19.8. The van der Waals surface area contributed by atoms with E-state index in [2.05, 4.69) is 0 Å². The minimum Gasteiger partial charge on any atom is -0.251 e. The maximum Gasteiger partial charge on any atom is 0.0897 e. The topological polar surface area (TPSA) is 0 Å². The van der Waals surface area contributed by atoms with E-state index < -0.39 is 0 Å². The summed E-state index contributed by atoms with van der Waals surface area (Å²) in [5, 5.41) is 0. The first-order chi connectivity index (χ1) is 14.8. The van der Waals surface area contributed by atoms with Crippen molar-refractivity contribution in [3.05, 3.63) is 0 Å². The van der Waals surface area contributed by atoms with Gasteiger partial charge in [0.15, 0.2) is 0 Å². The number of unbranched alkanes of at least 4 members (excludes halogenated alkanes) is 5. The zero-order valence-electron chi connectivity index (χ0n) is 19.8. The van der Waals surface area contributed by atoms with E-state index in [9.17, 15) is 8.78 Å². The number of halogens is 2. The molecule has 3 aliphatic carbocycles. The van der Waals surface area contributed by atoms with E-state index in [-0.39, 0.29) is 13.3 Å². The Kier molecular flexibility index (Phi) is 11.5. The predicted molar refractivity (Wildman–Crippen MR) is 125 cm³/mol. The van der Waals surface area contributed by atoms with Crippen molar-refractivity contribution in [1.82, 2.24) is 0 Å². The first-order valence-electron chi connectivity index (χ1n) is 13.9. The monoisotopic (exact) mass is 424 g/mol. The fourth-order valence-corrected chi connectivity index (χ4v) is 7.37. The maximum absolute atomic E-state index is 12.6. The minimum atomic E-state index is -0.131. The molecule has 0 aromatic carbocycles. The van der Waals surface area contributed by atoms with Crippen LogP contribution in [0.4, 0.5) is 8.78 Å². The van der Waals surface area contributed by atoms with E-state index in [0.29, 0.717) is 5.92 Å². The van der Waals surface area contributed by atoms with Gasteiger partial charge in [-0.3, -0.25) is 8.78 Å². The van der Waals surface area contributed by atoms with Crippen LogP contribution in [-0.2, 0) is 0 Å². The molecule has 3 saturated carbocycles. The third kappa shape index (κ3) is 8.09. The molecular formula is C28H50F2. The lowest BCUT2D eigenvalue weighted by atomic mass is 9.64. The van der Waals surface area contributed by atoms with Crippen molar-refractivity contribution in [3.8, 4) is 0 Å². The number of hydrogen-bond acceptors (Lipinski definition) is 0. The summed E-state index contributed by atoms with van der Waals surface area (Å²) in [5.74, 6) is 5.72. The lowest BCUT2D eigenvalue weighted by molar-refractivity contribution is 0.101. The molecule has 0 saturated heterocycles. The molecule has 0 spiro atoms. The van der Waals surface area contributed by atoms with Gasteiger partial charge in [0.25, 0.3) is 0 Å². The zero-order chi connectivity index (χ0) is 21.0. The molecule has 0 atom stereocenters. The summed E-state index contributed by atoms with van der Waals surface area (Å²) in [6, 6.07) is 0. The lowest BCUT2D eigenvalue weighted by Crippen LogP contribution is -2.29. The smallest absolute Gasteiger partial charge is 0.0897 e. The van der Waals surface area contributed by atoms with Crippen LogP contribution in [0.15, 0.2) is 0 Å². The SMILES string of the molecule is FCCCCCCCCC1CCC(C2CCC(C3CCC(CCF)CC3)CC2)CC1. The van der Waals surface area contributed by atoms with Gasteiger partial charge >= 0.3 is 0 Å². The molecule has 30 heavy (non-hydrogen) atoms. The number of alkyl halides is 2. The first-order valence-corrected chi connectivity index (χ1v) is 13.9. The highest BCUT2D eigenvalue weighted by Gasteiger charge is 2.34. The van der Waals surface area contributed by atoms with Crippen LogP contribution in [-0.4, -0.2) is 13.3 Å². The van der Waals surface area contributed by atoms with E-state index in [0.717, 1.165) is 48.9 Å². The predicted octanol–water partition coefficient (Wildman–Crippen LogP) is 9.47. The van der Waals surface area contributed by atoms with Crippen LogP contribution < -0.4 is 0 Å². The Labute approximate surface area is 186 Å². The van der Waals surface area contributed by atoms with Crippen LogP contribution in [0.3, 0.4) is 0 Å². The summed E-state index contributed by atoms with van der Waals surface area (Å²) in [6.07, 6.45) is 26.8. The molecule has 0 heterocycles. The summed E-state index contributed by atoms with van der Waals surface area (Å²) < 4.78 is 24.7. The summed E-state index contributed by atoms with van der Waals surface area (Å²) in [4.78, 5) is 0. The van der Waals surface area contributed by atoms with Gasteiger partial charge in [0.2, 0.25) is 0 Å². The van der Waals surface area contributed by atoms with Gasteiger partial charge in [-0.1, -0.05) is 64.2 Å². The average Bonchev–Trinajstić information content (AvgIpc) is 2.80. The van der Waals surface area contributed by atoms with Crippen molar-refractivity contribution in [2.45, 2.75) is 128 Å². The van der Waals surface area contributed by atoms with Gasteiger partial charge < -0.3 is 0 Å². The van der Waals surface area contributed by atoms with Gasteiger partial charge in [-0.05, 0) is 99.7 Å². The van der Waals surface area contributed by atoms with Crippen molar-refractivity contribution in [2.75, 3.05) is 13.3 Å². The van der Waals surface area contributed by atoms with Gasteiger partial charge in [-0.15, -0.1) is 0 Å². The van der Waals surface area contributed by atoms with Crippen LogP contribution in [0.25, 0.3) is 0 Å². The van der Waals surface area contributed by atoms with Crippen LogP contribution >= 0.6 is 0 Å². The van der Waals surface area contributed by atoms with E-state index in [1.165, 1.54) is 109 Å². The van der Waals surface area contributed by atoms with Gasteiger partial charge in [0, 0.05) is 0 Å². The minimum absolute atomic E-state index is 0.107. The van der Waals surface area contributed by atoms with Crippen LogP contribution in [0, 0.1) is 35.5 Å². The Morgan fingerprint density at radius 2 is 0.733 bits per heavy atom. The van der Waals surface area contributed by atoms with E-state index in [4.69, 9.17) is 0 Å². The molecule has 0 aliphatic heterocycles. The lowest BCUT2D eigenvalue weighted by Gasteiger charge is -2.41. The fraction of sp³-hybridized carbons (Fsp3) is 1.00. The molecule has 0 amide bonds. The molecule has 2 heteroatoms. The van der Waals surface area contributed by atoms with Gasteiger partial charge in [-0.25, -0.2) is 0 Å². The number of hydrogen-bond donors (Lipinski definition) is 0. The summed E-state index contributed by atoms with van der Waals surface area (Å²) in [6.45, 7) is -0.238. The van der Waals surface area contributed by atoms with Gasteiger partial charge in [-0.2, -0.15) is 0 Å². The highest BCUT2D eigenvalue weighted by molar-refractivity contribution is 4.85. The quantitative estimate of drug-likeness (QED) is 0.274. The summed E-state index contributed by atoms with van der Waals surface area (Å²) in [5.41, 5.74) is 0. The molecule has 0 aromatic rings. The first kappa shape index (κ1) is 24.5. The van der Waals surface area contributed by atoms with E-state index in [1.54, 1.807) is 0 Å². The molecule has 0 nitrogen and oxygen atoms in total. The van der Waals surface area contributed by atoms with Crippen LogP contribution in [0.2, 0.25) is 0 Å². The normalized spacial score (nSPS) is 35.4. The molecular weight excluding hydrogens is 374 g/mol. The molecule has 3 aliphatic rings. The van der Waals surface area contributed by atoms with Crippen molar-refractivity contribution in [1.29, 1.82) is 0 Å². The number of rotatable bonds is 12. The molecule has 3 rings (SSSR count). The Balaban J connectivity index is 1.23. The third-order valence-electron chi connectivity index (χ3n) is 9.45. The van der Waals surface area contributed by atoms with Crippen molar-refractivity contribution >= 4 is 0 Å². The standard InChI is InChI=1S/C28H50F2/c29-21-6-4-2-1-3-5-7-23-8-12-25(13-9-23)27-16-18-28(19-17-27)26-14-10-24(11-15-26)20-22-30/h23-28H,1-22H2.